The van der Waals surface area contributed by atoms with Crippen molar-refractivity contribution >= 4 is 27.6 Å². The molecule has 2 aliphatic rings. The molecule has 0 unspecified atom stereocenters. The third-order valence-corrected chi connectivity index (χ3v) is 4.56. The van der Waals surface area contributed by atoms with Gasteiger partial charge in [0.25, 0.3) is 0 Å². The molecule has 1 aromatic carbocycles. The van der Waals surface area contributed by atoms with Gasteiger partial charge in [0.2, 0.25) is 0 Å². The molecule has 2 saturated heterocycles. The van der Waals surface area contributed by atoms with Crippen LogP contribution in [0.3, 0.4) is 0 Å². The van der Waals surface area contributed by atoms with Gasteiger partial charge in [0.05, 0.1) is 5.56 Å². The molecule has 0 amide bonds. The van der Waals surface area contributed by atoms with E-state index in [0.717, 1.165) is 49.3 Å². The molecule has 2 fully saturated rings. The molecule has 0 atom stereocenters. The first kappa shape index (κ1) is 12.9. The number of nitrogens with zero attached hydrogens (tertiary/aromatic N) is 1. The zero-order chi connectivity index (χ0) is 13.5. The van der Waals surface area contributed by atoms with E-state index in [4.69, 9.17) is 9.84 Å². The summed E-state index contributed by atoms with van der Waals surface area (Å²) in [6.45, 7) is 3.72. The second-order valence-corrected chi connectivity index (χ2v) is 6.39. The molecule has 0 bridgehead atoms. The Bertz CT molecular complexity index is 503. The molecular weight excluding hydrogens is 310 g/mol. The second-order valence-electron chi connectivity index (χ2n) is 5.47. The lowest BCUT2D eigenvalue weighted by molar-refractivity contribution is -0.000195. The number of rotatable bonds is 2. The van der Waals surface area contributed by atoms with Crippen molar-refractivity contribution in [3.05, 3.63) is 28.2 Å². The summed E-state index contributed by atoms with van der Waals surface area (Å²) in [6, 6.07) is 5.37. The normalized spacial score (nSPS) is 21.2. The van der Waals surface area contributed by atoms with E-state index in [1.165, 1.54) is 0 Å². The summed E-state index contributed by atoms with van der Waals surface area (Å²) in [7, 11) is 0. The molecule has 2 aliphatic heterocycles. The SMILES string of the molecule is O=C(O)c1cc(Br)cc(N2CC3(CCOCC3)C2)c1. The maximum atomic E-state index is 11.1. The highest BCUT2D eigenvalue weighted by Crippen LogP contribution is 2.42. The maximum Gasteiger partial charge on any atom is 0.335 e. The van der Waals surface area contributed by atoms with Crippen LogP contribution >= 0.6 is 15.9 Å². The maximum absolute atomic E-state index is 11.1. The van der Waals surface area contributed by atoms with E-state index in [2.05, 4.69) is 20.8 Å². The third-order valence-electron chi connectivity index (χ3n) is 4.10. The first-order valence-electron chi connectivity index (χ1n) is 6.45. The largest absolute Gasteiger partial charge is 0.478 e. The number of hydrogen-bond acceptors (Lipinski definition) is 3. The number of anilines is 1. The first-order chi connectivity index (χ1) is 9.08. The van der Waals surface area contributed by atoms with Gasteiger partial charge >= 0.3 is 5.97 Å². The molecule has 102 valence electrons. The molecule has 1 aromatic rings. The van der Waals surface area contributed by atoms with E-state index in [1.807, 2.05) is 6.07 Å². The Morgan fingerprint density at radius 3 is 2.58 bits per heavy atom. The van der Waals surface area contributed by atoms with E-state index < -0.39 is 5.97 Å². The lowest BCUT2D eigenvalue weighted by Crippen LogP contribution is -2.58. The van der Waals surface area contributed by atoms with Crippen molar-refractivity contribution < 1.29 is 14.6 Å². The average molecular weight is 326 g/mol. The Kier molecular flexibility index (Phi) is 3.27. The fraction of sp³-hybridized carbons (Fsp3) is 0.500. The zero-order valence-electron chi connectivity index (χ0n) is 10.6. The van der Waals surface area contributed by atoms with Crippen molar-refractivity contribution in [2.45, 2.75) is 12.8 Å². The van der Waals surface area contributed by atoms with Crippen molar-refractivity contribution in [2.75, 3.05) is 31.2 Å². The lowest BCUT2D eigenvalue weighted by Gasteiger charge is -2.53. The van der Waals surface area contributed by atoms with Crippen LogP contribution in [0.4, 0.5) is 5.69 Å². The molecule has 3 rings (SSSR count). The number of hydrogen-bond donors (Lipinski definition) is 1. The fourth-order valence-corrected chi connectivity index (χ4v) is 3.43. The van der Waals surface area contributed by atoms with Gasteiger partial charge in [-0.25, -0.2) is 4.79 Å². The van der Waals surface area contributed by atoms with E-state index in [0.29, 0.717) is 11.0 Å². The second kappa shape index (κ2) is 4.80. The molecule has 0 aromatic heterocycles. The topological polar surface area (TPSA) is 49.8 Å². The summed E-state index contributed by atoms with van der Waals surface area (Å²) in [4.78, 5) is 13.3. The van der Waals surface area contributed by atoms with Crippen LogP contribution < -0.4 is 4.90 Å². The molecule has 2 heterocycles. The minimum atomic E-state index is -0.885. The van der Waals surface area contributed by atoms with Crippen molar-refractivity contribution in [1.82, 2.24) is 0 Å². The van der Waals surface area contributed by atoms with Crippen LogP contribution in [-0.4, -0.2) is 37.4 Å². The van der Waals surface area contributed by atoms with E-state index in [9.17, 15) is 4.79 Å². The van der Waals surface area contributed by atoms with E-state index >= 15 is 0 Å². The average Bonchev–Trinajstić information content (AvgIpc) is 2.36. The summed E-state index contributed by atoms with van der Waals surface area (Å²) in [6.07, 6.45) is 2.23. The molecule has 5 heteroatoms. The van der Waals surface area contributed by atoms with Gasteiger partial charge in [-0.15, -0.1) is 0 Å². The van der Waals surface area contributed by atoms with Gasteiger partial charge in [-0.2, -0.15) is 0 Å². The Morgan fingerprint density at radius 1 is 1.26 bits per heavy atom. The van der Waals surface area contributed by atoms with Crippen LogP contribution in [0.5, 0.6) is 0 Å². The highest BCUT2D eigenvalue weighted by atomic mass is 79.9. The minimum Gasteiger partial charge on any atom is -0.478 e. The quantitative estimate of drug-likeness (QED) is 0.908. The van der Waals surface area contributed by atoms with Gasteiger partial charge in [-0.3, -0.25) is 0 Å². The van der Waals surface area contributed by atoms with Gasteiger partial charge in [0.1, 0.15) is 0 Å². The van der Waals surface area contributed by atoms with Crippen LogP contribution in [-0.2, 0) is 4.74 Å². The number of carbonyl (C=O) groups is 1. The van der Waals surface area contributed by atoms with Gasteiger partial charge in [-0.05, 0) is 31.0 Å². The molecule has 1 spiro atoms. The fourth-order valence-electron chi connectivity index (χ4n) is 2.95. The van der Waals surface area contributed by atoms with Crippen molar-refractivity contribution in [3.63, 3.8) is 0 Å². The smallest absolute Gasteiger partial charge is 0.335 e. The molecule has 4 nitrogen and oxygen atoms in total. The summed E-state index contributed by atoms with van der Waals surface area (Å²) < 4.78 is 6.22. The standard InChI is InChI=1S/C14H16BrNO3/c15-11-5-10(13(17)18)6-12(7-11)16-8-14(9-16)1-3-19-4-2-14/h5-7H,1-4,8-9H2,(H,17,18). The monoisotopic (exact) mass is 325 g/mol. The Labute approximate surface area is 120 Å². The Hall–Kier alpha value is -1.07. The van der Waals surface area contributed by atoms with E-state index in [-0.39, 0.29) is 0 Å². The number of benzene rings is 1. The number of aromatic carboxylic acids is 1. The number of carboxylic acids is 1. The molecule has 1 N–H and O–H groups in total. The van der Waals surface area contributed by atoms with Crippen molar-refractivity contribution in [2.24, 2.45) is 5.41 Å². The van der Waals surface area contributed by atoms with Crippen LogP contribution in [0, 0.1) is 5.41 Å². The predicted molar refractivity (Wildman–Crippen MR) is 75.8 cm³/mol. The van der Waals surface area contributed by atoms with Gasteiger partial charge in [0.15, 0.2) is 0 Å². The number of halogens is 1. The third kappa shape index (κ3) is 2.49. The van der Waals surface area contributed by atoms with Crippen molar-refractivity contribution in [1.29, 1.82) is 0 Å². The zero-order valence-corrected chi connectivity index (χ0v) is 12.1. The summed E-state index contributed by atoms with van der Waals surface area (Å²) >= 11 is 3.38. The highest BCUT2D eigenvalue weighted by molar-refractivity contribution is 9.10. The molecule has 19 heavy (non-hydrogen) atoms. The number of ether oxygens (including phenoxy) is 1. The van der Waals surface area contributed by atoms with Crippen LogP contribution in [0.15, 0.2) is 22.7 Å². The van der Waals surface area contributed by atoms with Crippen molar-refractivity contribution in [3.8, 4) is 0 Å². The summed E-state index contributed by atoms with van der Waals surface area (Å²) in [5.74, 6) is -0.885. The highest BCUT2D eigenvalue weighted by Gasteiger charge is 2.43. The molecular formula is C14H16BrNO3. The molecule has 0 aliphatic carbocycles. The number of carboxylic acid groups (broad SMARTS) is 1. The van der Waals surface area contributed by atoms with Gasteiger partial charge in [0, 0.05) is 41.9 Å². The summed E-state index contributed by atoms with van der Waals surface area (Å²) in [5.41, 5.74) is 1.71. The minimum absolute atomic E-state index is 0.331. The Morgan fingerprint density at radius 2 is 1.95 bits per heavy atom. The van der Waals surface area contributed by atoms with Crippen LogP contribution in [0.25, 0.3) is 0 Å². The first-order valence-corrected chi connectivity index (χ1v) is 7.24. The van der Waals surface area contributed by atoms with Crippen LogP contribution in [0.1, 0.15) is 23.2 Å². The van der Waals surface area contributed by atoms with E-state index in [1.54, 1.807) is 12.1 Å². The lowest BCUT2D eigenvalue weighted by atomic mass is 9.73. The summed E-state index contributed by atoms with van der Waals surface area (Å²) in [5, 5.41) is 9.09. The Balaban J connectivity index is 1.76. The molecule has 0 saturated carbocycles. The van der Waals surface area contributed by atoms with Crippen LogP contribution in [0.2, 0.25) is 0 Å². The van der Waals surface area contributed by atoms with Gasteiger partial charge in [-0.1, -0.05) is 15.9 Å². The molecule has 0 radical (unpaired) electrons. The van der Waals surface area contributed by atoms with Gasteiger partial charge < -0.3 is 14.7 Å². The predicted octanol–water partition coefficient (Wildman–Crippen LogP) is 2.76.